The molecule has 2 aromatic rings. The minimum absolute atomic E-state index is 0.165. The van der Waals surface area contributed by atoms with E-state index in [1.807, 2.05) is 0 Å². The summed E-state index contributed by atoms with van der Waals surface area (Å²) in [7, 11) is 1.73. The zero-order chi connectivity index (χ0) is 13.7. The van der Waals surface area contributed by atoms with E-state index in [9.17, 15) is 0 Å². The monoisotopic (exact) mass is 267 g/mol. The van der Waals surface area contributed by atoms with Crippen LogP contribution in [0.3, 0.4) is 0 Å². The van der Waals surface area contributed by atoms with Crippen LogP contribution in [0.15, 0.2) is 36.4 Å². The van der Waals surface area contributed by atoms with Gasteiger partial charge in [0.05, 0.1) is 7.11 Å². The fraction of sp³-hybridized carbons (Fsp3) is 0.444. The first-order valence-electron chi connectivity index (χ1n) is 7.59. The molecule has 2 nitrogen and oxygen atoms in total. The van der Waals surface area contributed by atoms with E-state index in [0.29, 0.717) is 5.92 Å². The van der Waals surface area contributed by atoms with Crippen LogP contribution in [-0.4, -0.2) is 7.11 Å². The molecular formula is C18H21NO. The molecule has 2 N–H and O–H groups in total. The van der Waals surface area contributed by atoms with Crippen LogP contribution in [0, 0.1) is 17.8 Å². The topological polar surface area (TPSA) is 35.2 Å². The molecule has 0 aliphatic heterocycles. The van der Waals surface area contributed by atoms with Gasteiger partial charge in [-0.1, -0.05) is 30.3 Å². The van der Waals surface area contributed by atoms with Gasteiger partial charge in [0.2, 0.25) is 0 Å². The van der Waals surface area contributed by atoms with Crippen molar-refractivity contribution >= 4 is 10.8 Å². The number of nitrogens with two attached hydrogens (primary N) is 1. The molecule has 4 rings (SSSR count). The highest BCUT2D eigenvalue weighted by Crippen LogP contribution is 2.57. The van der Waals surface area contributed by atoms with Gasteiger partial charge < -0.3 is 10.5 Å². The number of rotatable bonds is 3. The van der Waals surface area contributed by atoms with E-state index in [1.165, 1.54) is 35.6 Å². The molecule has 2 saturated carbocycles. The number of ether oxygens (including phenoxy) is 1. The van der Waals surface area contributed by atoms with Crippen molar-refractivity contribution in [2.24, 2.45) is 23.5 Å². The van der Waals surface area contributed by atoms with E-state index in [2.05, 4.69) is 36.4 Å². The molecule has 0 saturated heterocycles. The van der Waals surface area contributed by atoms with E-state index in [0.717, 1.165) is 17.6 Å². The maximum Gasteiger partial charge on any atom is 0.126 e. The Hall–Kier alpha value is -1.54. The number of benzene rings is 2. The molecule has 2 fully saturated rings. The quantitative estimate of drug-likeness (QED) is 0.915. The van der Waals surface area contributed by atoms with Crippen molar-refractivity contribution in [1.29, 1.82) is 0 Å². The zero-order valence-electron chi connectivity index (χ0n) is 11.9. The van der Waals surface area contributed by atoms with E-state index in [-0.39, 0.29) is 6.04 Å². The molecule has 2 aromatic carbocycles. The Morgan fingerprint density at radius 1 is 1.00 bits per heavy atom. The Bertz CT molecular complexity index is 641. The third kappa shape index (κ3) is 1.82. The second-order valence-electron chi connectivity index (χ2n) is 6.42. The van der Waals surface area contributed by atoms with Crippen LogP contribution < -0.4 is 10.5 Å². The normalized spacial score (nSPS) is 29.2. The molecular weight excluding hydrogens is 246 g/mol. The molecule has 0 aromatic heterocycles. The van der Waals surface area contributed by atoms with Gasteiger partial charge in [0.15, 0.2) is 0 Å². The van der Waals surface area contributed by atoms with Crippen molar-refractivity contribution in [3.63, 3.8) is 0 Å². The SMILES string of the molecule is COc1ccc(C(N)C2CC3CC3C2)c2ccccc12. The summed E-state index contributed by atoms with van der Waals surface area (Å²) in [6.45, 7) is 0. The van der Waals surface area contributed by atoms with Crippen LogP contribution in [-0.2, 0) is 0 Å². The highest BCUT2D eigenvalue weighted by molar-refractivity contribution is 5.91. The van der Waals surface area contributed by atoms with Gasteiger partial charge in [-0.3, -0.25) is 0 Å². The van der Waals surface area contributed by atoms with Gasteiger partial charge >= 0.3 is 0 Å². The summed E-state index contributed by atoms with van der Waals surface area (Å²) in [5.74, 6) is 3.56. The van der Waals surface area contributed by atoms with E-state index in [1.54, 1.807) is 7.11 Å². The second kappa shape index (κ2) is 4.49. The van der Waals surface area contributed by atoms with Gasteiger partial charge in [-0.2, -0.15) is 0 Å². The number of hydrogen-bond acceptors (Lipinski definition) is 2. The molecule has 0 heterocycles. The lowest BCUT2D eigenvalue weighted by molar-refractivity contribution is 0.404. The Morgan fingerprint density at radius 3 is 2.40 bits per heavy atom. The first-order chi connectivity index (χ1) is 9.78. The van der Waals surface area contributed by atoms with Crippen molar-refractivity contribution < 1.29 is 4.74 Å². The molecule has 0 spiro atoms. The lowest BCUT2D eigenvalue weighted by atomic mass is 9.87. The molecule has 0 bridgehead atoms. The lowest BCUT2D eigenvalue weighted by Gasteiger charge is -2.23. The predicted octanol–water partition coefficient (Wildman–Crippen LogP) is 3.89. The maximum atomic E-state index is 6.60. The van der Waals surface area contributed by atoms with Gasteiger partial charge in [-0.25, -0.2) is 0 Å². The van der Waals surface area contributed by atoms with E-state index >= 15 is 0 Å². The third-order valence-corrected chi connectivity index (χ3v) is 5.28. The van der Waals surface area contributed by atoms with Gasteiger partial charge in [-0.15, -0.1) is 0 Å². The number of fused-ring (bicyclic) bond motifs is 2. The third-order valence-electron chi connectivity index (χ3n) is 5.28. The highest BCUT2D eigenvalue weighted by atomic mass is 16.5. The zero-order valence-corrected chi connectivity index (χ0v) is 11.9. The summed E-state index contributed by atoms with van der Waals surface area (Å²) < 4.78 is 5.47. The molecule has 2 aliphatic carbocycles. The molecule has 2 heteroatoms. The van der Waals surface area contributed by atoms with E-state index < -0.39 is 0 Å². The average molecular weight is 267 g/mol. The second-order valence-corrected chi connectivity index (χ2v) is 6.42. The fourth-order valence-corrected chi connectivity index (χ4v) is 4.07. The van der Waals surface area contributed by atoms with Crippen LogP contribution >= 0.6 is 0 Å². The standard InChI is InChI=1S/C18H21NO/c1-20-17-7-6-16(14-4-2-3-5-15(14)17)18(19)13-9-11-8-12(11)10-13/h2-7,11-13,18H,8-10,19H2,1H3. The molecule has 2 aliphatic rings. The van der Waals surface area contributed by atoms with Crippen molar-refractivity contribution in [2.75, 3.05) is 7.11 Å². The molecule has 20 heavy (non-hydrogen) atoms. The van der Waals surface area contributed by atoms with Gasteiger partial charge in [-0.05, 0) is 54.0 Å². The summed E-state index contributed by atoms with van der Waals surface area (Å²) in [5, 5.41) is 2.42. The number of methoxy groups -OCH3 is 1. The predicted molar refractivity (Wildman–Crippen MR) is 81.7 cm³/mol. The van der Waals surface area contributed by atoms with Gasteiger partial charge in [0.1, 0.15) is 5.75 Å². The molecule has 0 radical (unpaired) electrons. The molecule has 0 amide bonds. The first kappa shape index (κ1) is 12.2. The lowest BCUT2D eigenvalue weighted by Crippen LogP contribution is -2.20. The Kier molecular flexibility index (Phi) is 2.74. The van der Waals surface area contributed by atoms with Crippen LogP contribution in [0.1, 0.15) is 30.9 Å². The van der Waals surface area contributed by atoms with E-state index in [4.69, 9.17) is 10.5 Å². The van der Waals surface area contributed by atoms with Crippen LogP contribution in [0.5, 0.6) is 5.75 Å². The van der Waals surface area contributed by atoms with Crippen molar-refractivity contribution in [2.45, 2.75) is 25.3 Å². The summed E-state index contributed by atoms with van der Waals surface area (Å²) in [5.41, 5.74) is 7.88. The van der Waals surface area contributed by atoms with Crippen LogP contribution in [0.4, 0.5) is 0 Å². The summed E-state index contributed by atoms with van der Waals surface area (Å²) >= 11 is 0. The maximum absolute atomic E-state index is 6.60. The Balaban J connectivity index is 1.75. The van der Waals surface area contributed by atoms with Gasteiger partial charge in [0.25, 0.3) is 0 Å². The minimum Gasteiger partial charge on any atom is -0.496 e. The Labute approximate surface area is 119 Å². The molecule has 3 unspecified atom stereocenters. The fourth-order valence-electron chi connectivity index (χ4n) is 4.07. The van der Waals surface area contributed by atoms with Crippen molar-refractivity contribution in [3.05, 3.63) is 42.0 Å². The summed E-state index contributed by atoms with van der Waals surface area (Å²) in [6.07, 6.45) is 4.10. The molecule has 104 valence electrons. The van der Waals surface area contributed by atoms with Crippen molar-refractivity contribution in [3.8, 4) is 5.75 Å². The summed E-state index contributed by atoms with van der Waals surface area (Å²) in [6, 6.07) is 12.8. The minimum atomic E-state index is 0.165. The first-order valence-corrected chi connectivity index (χ1v) is 7.59. The van der Waals surface area contributed by atoms with Crippen LogP contribution in [0.25, 0.3) is 10.8 Å². The van der Waals surface area contributed by atoms with Gasteiger partial charge in [0, 0.05) is 11.4 Å². The van der Waals surface area contributed by atoms with Crippen LogP contribution in [0.2, 0.25) is 0 Å². The average Bonchev–Trinajstić information content (AvgIpc) is 3.11. The largest absolute Gasteiger partial charge is 0.496 e. The Morgan fingerprint density at radius 2 is 1.70 bits per heavy atom. The van der Waals surface area contributed by atoms with Crippen molar-refractivity contribution in [1.82, 2.24) is 0 Å². The highest BCUT2D eigenvalue weighted by Gasteiger charge is 2.47. The molecule has 3 atom stereocenters. The summed E-state index contributed by atoms with van der Waals surface area (Å²) in [4.78, 5) is 0. The smallest absolute Gasteiger partial charge is 0.126 e. The number of hydrogen-bond donors (Lipinski definition) is 1.